The maximum atomic E-state index is 11.0. The van der Waals surface area contributed by atoms with Crippen LogP contribution in [0.3, 0.4) is 0 Å². The smallest absolute Gasteiger partial charge is 0.336 e. The van der Waals surface area contributed by atoms with Crippen LogP contribution in [0.15, 0.2) is 39.8 Å². The molecule has 0 atom stereocenters. The maximum Gasteiger partial charge on any atom is 0.336 e. The Bertz CT molecular complexity index is 598. The second-order valence-electron chi connectivity index (χ2n) is 3.99. The van der Waals surface area contributed by atoms with Crippen molar-refractivity contribution < 1.29 is 9.90 Å². The number of hydrogen-bond acceptors (Lipinski definition) is 3. The number of carboxylic acid groups (broad SMARTS) is 1. The summed E-state index contributed by atoms with van der Waals surface area (Å²) in [4.78, 5) is 12.0. The van der Waals surface area contributed by atoms with Crippen LogP contribution in [0.2, 0.25) is 0 Å². The van der Waals surface area contributed by atoms with E-state index >= 15 is 0 Å². The zero-order chi connectivity index (χ0) is 13.8. The molecule has 1 aromatic carbocycles. The molecule has 0 spiro atoms. The number of thioether (sulfide) groups is 1. The van der Waals surface area contributed by atoms with Crippen molar-refractivity contribution in [1.82, 2.24) is 9.78 Å². The molecule has 2 rings (SSSR count). The van der Waals surface area contributed by atoms with Gasteiger partial charge in [0.15, 0.2) is 0 Å². The number of aromatic carboxylic acids is 1. The quantitative estimate of drug-likeness (QED) is 0.849. The van der Waals surface area contributed by atoms with E-state index in [1.165, 1.54) is 5.69 Å². The van der Waals surface area contributed by atoms with Crippen LogP contribution < -0.4 is 0 Å². The van der Waals surface area contributed by atoms with Gasteiger partial charge in [-0.15, -0.1) is 11.8 Å². The molecule has 0 amide bonds. The summed E-state index contributed by atoms with van der Waals surface area (Å²) in [5.74, 6) is -0.0267. The van der Waals surface area contributed by atoms with Crippen LogP contribution in [-0.4, -0.2) is 26.6 Å². The Kier molecular flexibility index (Phi) is 4.66. The summed E-state index contributed by atoms with van der Waals surface area (Å²) < 4.78 is 2.46. The summed E-state index contributed by atoms with van der Waals surface area (Å²) >= 11 is 4.88. The van der Waals surface area contributed by atoms with Crippen molar-refractivity contribution >= 4 is 33.7 Å². The Balaban J connectivity index is 1.98. The van der Waals surface area contributed by atoms with E-state index < -0.39 is 5.97 Å². The Morgan fingerprint density at radius 1 is 1.47 bits per heavy atom. The van der Waals surface area contributed by atoms with E-state index in [2.05, 4.69) is 21.0 Å². The Labute approximate surface area is 124 Å². The van der Waals surface area contributed by atoms with E-state index in [1.54, 1.807) is 30.1 Å². The summed E-state index contributed by atoms with van der Waals surface area (Å²) in [6.45, 7) is 0. The topological polar surface area (TPSA) is 55.1 Å². The Morgan fingerprint density at radius 3 is 2.89 bits per heavy atom. The van der Waals surface area contributed by atoms with Crippen LogP contribution in [0.1, 0.15) is 16.1 Å². The molecule has 100 valence electrons. The van der Waals surface area contributed by atoms with Gasteiger partial charge in [0.25, 0.3) is 0 Å². The van der Waals surface area contributed by atoms with Gasteiger partial charge in [-0.1, -0.05) is 0 Å². The average molecular weight is 341 g/mol. The van der Waals surface area contributed by atoms with Gasteiger partial charge in [-0.2, -0.15) is 5.10 Å². The normalized spacial score (nSPS) is 10.6. The molecule has 0 unspecified atom stereocenters. The van der Waals surface area contributed by atoms with Gasteiger partial charge in [-0.3, -0.25) is 4.68 Å². The fourth-order valence-electron chi connectivity index (χ4n) is 1.68. The molecule has 1 heterocycles. The monoisotopic (exact) mass is 340 g/mol. The second-order valence-corrected chi connectivity index (χ2v) is 6.01. The van der Waals surface area contributed by atoms with E-state index in [0.717, 1.165) is 17.1 Å². The predicted octanol–water partition coefficient (Wildman–Crippen LogP) is 3.22. The molecule has 0 aliphatic rings. The fourth-order valence-corrected chi connectivity index (χ4v) is 3.01. The number of aromatic nitrogens is 2. The van der Waals surface area contributed by atoms with Gasteiger partial charge in [0, 0.05) is 34.1 Å². The molecule has 19 heavy (non-hydrogen) atoms. The lowest BCUT2D eigenvalue weighted by Crippen LogP contribution is -2.00. The minimum absolute atomic E-state index is 0.297. The fraction of sp³-hybridized carbons (Fsp3) is 0.231. The second kappa shape index (κ2) is 6.25. The molecular formula is C13H13BrN2O2S. The zero-order valence-corrected chi connectivity index (χ0v) is 12.7. The molecule has 1 aromatic heterocycles. The molecule has 0 fully saturated rings. The standard InChI is InChI=1S/C13H13BrN2O2S/c1-16-9(4-6-15-16)5-7-19-10-2-3-12(14)11(8-10)13(17)18/h2-4,6,8H,5,7H2,1H3,(H,17,18). The highest BCUT2D eigenvalue weighted by atomic mass is 79.9. The third-order valence-corrected chi connectivity index (χ3v) is 4.40. The number of halogens is 1. The molecule has 0 bridgehead atoms. The summed E-state index contributed by atoms with van der Waals surface area (Å²) in [7, 11) is 1.92. The Morgan fingerprint density at radius 2 is 2.26 bits per heavy atom. The molecule has 0 radical (unpaired) electrons. The molecular weight excluding hydrogens is 328 g/mol. The summed E-state index contributed by atoms with van der Waals surface area (Å²) in [6.07, 6.45) is 2.68. The van der Waals surface area contributed by atoms with Gasteiger partial charge in [-0.25, -0.2) is 4.79 Å². The van der Waals surface area contributed by atoms with Crippen molar-refractivity contribution in [2.45, 2.75) is 11.3 Å². The van der Waals surface area contributed by atoms with Gasteiger partial charge in [-0.05, 0) is 46.6 Å². The lowest BCUT2D eigenvalue weighted by Gasteiger charge is -2.05. The van der Waals surface area contributed by atoms with Gasteiger partial charge >= 0.3 is 5.97 Å². The molecule has 0 saturated heterocycles. The third kappa shape index (κ3) is 3.61. The first-order valence-electron chi connectivity index (χ1n) is 5.70. The first-order chi connectivity index (χ1) is 9.08. The maximum absolute atomic E-state index is 11.0. The van der Waals surface area contributed by atoms with Gasteiger partial charge < -0.3 is 5.11 Å². The van der Waals surface area contributed by atoms with Gasteiger partial charge in [0.2, 0.25) is 0 Å². The van der Waals surface area contributed by atoms with E-state index in [9.17, 15) is 4.79 Å². The molecule has 0 aliphatic carbocycles. The number of hydrogen-bond donors (Lipinski definition) is 1. The lowest BCUT2D eigenvalue weighted by molar-refractivity contribution is 0.0695. The molecule has 1 N–H and O–H groups in total. The number of aryl methyl sites for hydroxylation is 2. The van der Waals surface area contributed by atoms with Gasteiger partial charge in [0.05, 0.1) is 5.56 Å². The number of carbonyl (C=O) groups is 1. The van der Waals surface area contributed by atoms with Crippen LogP contribution >= 0.6 is 27.7 Å². The van der Waals surface area contributed by atoms with Crippen LogP contribution in [0, 0.1) is 0 Å². The predicted molar refractivity (Wildman–Crippen MR) is 78.7 cm³/mol. The molecule has 2 aromatic rings. The van der Waals surface area contributed by atoms with Crippen molar-refractivity contribution in [3.8, 4) is 0 Å². The summed E-state index contributed by atoms with van der Waals surface area (Å²) in [5, 5.41) is 13.2. The lowest BCUT2D eigenvalue weighted by atomic mass is 10.2. The minimum atomic E-state index is -0.916. The summed E-state index contributed by atoms with van der Waals surface area (Å²) in [5.41, 5.74) is 1.47. The van der Waals surface area contributed by atoms with Crippen LogP contribution in [0.25, 0.3) is 0 Å². The largest absolute Gasteiger partial charge is 0.478 e. The van der Waals surface area contributed by atoms with Gasteiger partial charge in [0.1, 0.15) is 0 Å². The highest BCUT2D eigenvalue weighted by Gasteiger charge is 2.09. The van der Waals surface area contributed by atoms with E-state index in [-0.39, 0.29) is 0 Å². The Hall–Kier alpha value is -1.27. The highest BCUT2D eigenvalue weighted by molar-refractivity contribution is 9.10. The number of rotatable bonds is 5. The van der Waals surface area contributed by atoms with Crippen molar-refractivity contribution in [2.24, 2.45) is 7.05 Å². The number of nitrogens with zero attached hydrogens (tertiary/aromatic N) is 2. The average Bonchev–Trinajstić information content (AvgIpc) is 2.77. The molecule has 4 nitrogen and oxygen atoms in total. The third-order valence-electron chi connectivity index (χ3n) is 2.72. The number of carboxylic acids is 1. The first-order valence-corrected chi connectivity index (χ1v) is 7.48. The number of benzene rings is 1. The van der Waals surface area contributed by atoms with Crippen molar-refractivity contribution in [1.29, 1.82) is 0 Å². The highest BCUT2D eigenvalue weighted by Crippen LogP contribution is 2.25. The van der Waals surface area contributed by atoms with E-state index in [0.29, 0.717) is 10.0 Å². The molecule has 6 heteroatoms. The first kappa shape index (κ1) is 14.1. The van der Waals surface area contributed by atoms with Crippen LogP contribution in [-0.2, 0) is 13.5 Å². The van der Waals surface area contributed by atoms with E-state index in [4.69, 9.17) is 5.11 Å². The zero-order valence-electron chi connectivity index (χ0n) is 10.3. The SMILES string of the molecule is Cn1nccc1CCSc1ccc(Br)c(C(=O)O)c1. The minimum Gasteiger partial charge on any atom is -0.478 e. The van der Waals surface area contributed by atoms with Crippen molar-refractivity contribution in [2.75, 3.05) is 5.75 Å². The van der Waals surface area contributed by atoms with E-state index in [1.807, 2.05) is 23.9 Å². The van der Waals surface area contributed by atoms with Crippen molar-refractivity contribution in [3.63, 3.8) is 0 Å². The molecule has 0 aliphatic heterocycles. The summed E-state index contributed by atoms with van der Waals surface area (Å²) in [6, 6.07) is 7.38. The van der Waals surface area contributed by atoms with Crippen molar-refractivity contribution in [3.05, 3.63) is 46.2 Å². The van der Waals surface area contributed by atoms with Crippen LogP contribution in [0.5, 0.6) is 0 Å². The van der Waals surface area contributed by atoms with Crippen LogP contribution in [0.4, 0.5) is 0 Å². The molecule has 0 saturated carbocycles.